The van der Waals surface area contributed by atoms with Crippen molar-refractivity contribution in [3.05, 3.63) is 46.6 Å². The third-order valence-electron chi connectivity index (χ3n) is 5.27. The van der Waals surface area contributed by atoms with Gasteiger partial charge in [-0.2, -0.15) is 0 Å². The van der Waals surface area contributed by atoms with Gasteiger partial charge in [-0.15, -0.1) is 0 Å². The summed E-state index contributed by atoms with van der Waals surface area (Å²) in [4.78, 5) is 31.1. The van der Waals surface area contributed by atoms with Gasteiger partial charge in [-0.25, -0.2) is 14.7 Å². The number of aromatic nitrogens is 1. The van der Waals surface area contributed by atoms with Crippen molar-refractivity contribution in [2.45, 2.75) is 25.7 Å². The molecule has 3 N–H and O–H groups in total. The molecule has 0 spiro atoms. The molecule has 158 valence electrons. The van der Waals surface area contributed by atoms with Crippen LogP contribution in [0.15, 0.2) is 30.5 Å². The van der Waals surface area contributed by atoms with Crippen molar-refractivity contribution in [3.63, 3.8) is 0 Å². The minimum absolute atomic E-state index is 0.0777. The lowest BCUT2D eigenvalue weighted by molar-refractivity contribution is -0.0364. The minimum atomic E-state index is -1.32. The third-order valence-corrected chi connectivity index (χ3v) is 5.62. The average Bonchev–Trinajstić information content (AvgIpc) is 3.09. The van der Waals surface area contributed by atoms with Gasteiger partial charge in [0.2, 0.25) is 0 Å². The number of nitrogens with one attached hydrogen (secondary N) is 1. The summed E-state index contributed by atoms with van der Waals surface area (Å²) in [5.41, 5.74) is 2.06. The second kappa shape index (κ2) is 8.10. The summed E-state index contributed by atoms with van der Waals surface area (Å²) >= 11 is 6.17. The molecule has 1 aromatic carbocycles. The van der Waals surface area contributed by atoms with E-state index in [-0.39, 0.29) is 18.2 Å². The van der Waals surface area contributed by atoms with E-state index in [9.17, 15) is 19.8 Å². The predicted octanol–water partition coefficient (Wildman–Crippen LogP) is 2.70. The van der Waals surface area contributed by atoms with E-state index in [0.29, 0.717) is 41.8 Å². The predicted molar refractivity (Wildman–Crippen MR) is 111 cm³/mol. The molecular formula is C20H21ClN4O5. The average molecular weight is 433 g/mol. The maximum atomic E-state index is 12.5. The highest BCUT2D eigenvalue weighted by atomic mass is 35.5. The summed E-state index contributed by atoms with van der Waals surface area (Å²) in [6.45, 7) is 3.41. The van der Waals surface area contributed by atoms with E-state index in [4.69, 9.17) is 16.3 Å². The molecule has 2 amide bonds. The molecule has 0 saturated carbocycles. The Bertz CT molecular complexity index is 982. The van der Waals surface area contributed by atoms with Crippen molar-refractivity contribution in [2.24, 2.45) is 0 Å². The molecule has 4 rings (SSSR count). The van der Waals surface area contributed by atoms with Crippen LogP contribution in [-0.2, 0) is 11.3 Å². The number of rotatable bonds is 4. The largest absolute Gasteiger partial charge is 0.465 e. The van der Waals surface area contributed by atoms with Crippen LogP contribution in [-0.4, -0.2) is 64.0 Å². The van der Waals surface area contributed by atoms with Gasteiger partial charge in [0.1, 0.15) is 11.9 Å². The number of hydrogen-bond donors (Lipinski definition) is 3. The van der Waals surface area contributed by atoms with E-state index >= 15 is 0 Å². The number of pyridine rings is 1. The first kappa shape index (κ1) is 20.4. The number of imide groups is 1. The summed E-state index contributed by atoms with van der Waals surface area (Å²) in [6, 6.07) is 6.92. The third kappa shape index (κ3) is 3.79. The number of carbonyl (C=O) groups is 2. The van der Waals surface area contributed by atoms with Gasteiger partial charge in [-0.3, -0.25) is 4.79 Å². The monoisotopic (exact) mass is 432 g/mol. The number of hydrogen-bond acceptors (Lipinski definition) is 7. The Kier molecular flexibility index (Phi) is 5.50. The lowest BCUT2D eigenvalue weighted by Crippen LogP contribution is -2.47. The van der Waals surface area contributed by atoms with Gasteiger partial charge in [0.25, 0.3) is 5.91 Å². The smallest absolute Gasteiger partial charge is 0.414 e. The topological polar surface area (TPSA) is 115 Å². The number of benzene rings is 1. The fourth-order valence-electron chi connectivity index (χ4n) is 3.63. The maximum Gasteiger partial charge on any atom is 0.414 e. The first-order valence-electron chi connectivity index (χ1n) is 9.49. The highest BCUT2D eigenvalue weighted by Crippen LogP contribution is 2.36. The number of fused-ring (bicyclic) bond motifs is 1. The number of carboxylic acid groups (broad SMARTS) is 1. The first-order valence-corrected chi connectivity index (χ1v) is 9.87. The van der Waals surface area contributed by atoms with Crippen LogP contribution in [0.1, 0.15) is 22.8 Å². The number of carbonyl (C=O) groups excluding carboxylic acids is 1. The molecular weight excluding hydrogens is 412 g/mol. The summed E-state index contributed by atoms with van der Waals surface area (Å²) in [7, 11) is 0. The molecule has 0 bridgehead atoms. The van der Waals surface area contributed by atoms with E-state index in [1.165, 1.54) is 0 Å². The quantitative estimate of drug-likeness (QED) is 0.675. The Labute approximate surface area is 177 Å². The van der Waals surface area contributed by atoms with Crippen molar-refractivity contribution in [1.82, 2.24) is 9.88 Å². The van der Waals surface area contributed by atoms with Crippen molar-refractivity contribution in [1.29, 1.82) is 0 Å². The van der Waals surface area contributed by atoms with Crippen LogP contribution in [0.2, 0.25) is 5.02 Å². The Morgan fingerprint density at radius 2 is 2.17 bits per heavy atom. The number of aliphatic hydroxyl groups excluding tert-OH is 1. The Morgan fingerprint density at radius 3 is 2.83 bits per heavy atom. The molecule has 1 aromatic heterocycles. The summed E-state index contributed by atoms with van der Waals surface area (Å²) in [6.07, 6.45) is -0.427. The molecule has 2 unspecified atom stereocenters. The molecule has 2 atom stereocenters. The van der Waals surface area contributed by atoms with Crippen molar-refractivity contribution >= 4 is 40.8 Å². The van der Waals surface area contributed by atoms with Gasteiger partial charge < -0.3 is 25.2 Å². The van der Waals surface area contributed by atoms with Crippen molar-refractivity contribution < 1.29 is 24.5 Å². The van der Waals surface area contributed by atoms with Crippen LogP contribution in [0, 0.1) is 0 Å². The summed E-state index contributed by atoms with van der Waals surface area (Å²) in [5.74, 6) is -0.109. The van der Waals surface area contributed by atoms with Gasteiger partial charge in [-0.05, 0) is 31.2 Å². The molecule has 3 heterocycles. The van der Waals surface area contributed by atoms with Gasteiger partial charge in [0.05, 0.1) is 42.4 Å². The number of halogens is 1. The van der Waals surface area contributed by atoms with E-state index in [1.54, 1.807) is 31.3 Å². The first-order chi connectivity index (χ1) is 14.3. The fraction of sp³-hybridized carbons (Fsp3) is 0.350. The zero-order valence-corrected chi connectivity index (χ0v) is 17.0. The van der Waals surface area contributed by atoms with Gasteiger partial charge in [0, 0.05) is 23.7 Å². The molecule has 2 aliphatic rings. The maximum absolute atomic E-state index is 12.5. The molecule has 0 aliphatic carbocycles. The Hall–Kier alpha value is -2.88. The van der Waals surface area contributed by atoms with Crippen molar-refractivity contribution in [2.75, 3.05) is 29.9 Å². The van der Waals surface area contributed by atoms with Gasteiger partial charge >= 0.3 is 6.09 Å². The van der Waals surface area contributed by atoms with Crippen LogP contribution in [0.25, 0.3) is 0 Å². The molecule has 2 aliphatic heterocycles. The van der Waals surface area contributed by atoms with Crippen LogP contribution < -0.4 is 10.2 Å². The number of aliphatic hydroxyl groups is 1. The normalized spacial score (nSPS) is 19.6. The molecule has 1 fully saturated rings. The fourth-order valence-corrected chi connectivity index (χ4v) is 3.85. The highest BCUT2D eigenvalue weighted by Gasteiger charge is 2.35. The lowest BCUT2D eigenvalue weighted by atomic mass is 10.1. The van der Waals surface area contributed by atoms with Gasteiger partial charge in [-0.1, -0.05) is 11.6 Å². The molecule has 1 saturated heterocycles. The SMILES string of the molecule is CC(O)C1CN(c2ccc(Nc3ccc(Cl)c4c3C(=O)N(C(=O)O)C4)nc2)CCO1. The summed E-state index contributed by atoms with van der Waals surface area (Å²) in [5, 5.41) is 22.4. The Balaban J connectivity index is 1.53. The second-order valence-corrected chi connectivity index (χ2v) is 7.65. The number of anilines is 3. The molecule has 2 aromatic rings. The van der Waals surface area contributed by atoms with E-state index in [0.717, 1.165) is 10.6 Å². The summed E-state index contributed by atoms with van der Waals surface area (Å²) < 4.78 is 5.57. The zero-order valence-electron chi connectivity index (χ0n) is 16.2. The molecule has 0 radical (unpaired) electrons. The van der Waals surface area contributed by atoms with Crippen LogP contribution in [0.5, 0.6) is 0 Å². The lowest BCUT2D eigenvalue weighted by Gasteiger charge is -2.35. The number of nitrogens with zero attached hydrogens (tertiary/aromatic N) is 3. The van der Waals surface area contributed by atoms with E-state index < -0.39 is 18.1 Å². The van der Waals surface area contributed by atoms with Crippen LogP contribution in [0.3, 0.4) is 0 Å². The standard InChI is InChI=1S/C20H21ClN4O5/c1-11(26)16-10-24(6-7-30-16)12-2-5-17(22-8-12)23-15-4-3-14(21)13-9-25(20(28)29)19(27)18(13)15/h2-5,8,11,16,26H,6-7,9-10H2,1H3,(H,22,23)(H,28,29). The molecule has 10 heteroatoms. The van der Waals surface area contributed by atoms with E-state index in [1.807, 2.05) is 6.07 Å². The van der Waals surface area contributed by atoms with Crippen LogP contribution in [0.4, 0.5) is 22.0 Å². The molecule has 30 heavy (non-hydrogen) atoms. The molecule has 9 nitrogen and oxygen atoms in total. The number of morpholine rings is 1. The highest BCUT2D eigenvalue weighted by molar-refractivity contribution is 6.32. The number of ether oxygens (including phenoxy) is 1. The Morgan fingerprint density at radius 1 is 1.37 bits per heavy atom. The minimum Gasteiger partial charge on any atom is -0.465 e. The zero-order chi connectivity index (χ0) is 21.4. The van der Waals surface area contributed by atoms with Gasteiger partial charge in [0.15, 0.2) is 0 Å². The number of amides is 2. The van der Waals surface area contributed by atoms with Crippen molar-refractivity contribution in [3.8, 4) is 0 Å². The van der Waals surface area contributed by atoms with Crippen LogP contribution >= 0.6 is 11.6 Å². The van der Waals surface area contributed by atoms with E-state index in [2.05, 4.69) is 15.2 Å². The second-order valence-electron chi connectivity index (χ2n) is 7.24.